The van der Waals surface area contributed by atoms with Gasteiger partial charge in [-0.05, 0) is 67.8 Å². The summed E-state index contributed by atoms with van der Waals surface area (Å²) in [5, 5.41) is 4.28. The summed E-state index contributed by atoms with van der Waals surface area (Å²) in [6, 6.07) is 18.8. The number of carbonyl (C=O) groups is 1. The molecule has 3 aromatic rings. The molecule has 3 aromatic carbocycles. The number of aryl methyl sites for hydroxylation is 1. The van der Waals surface area contributed by atoms with Crippen LogP contribution in [0.25, 0.3) is 0 Å². The zero-order valence-electron chi connectivity index (χ0n) is 21.1. The summed E-state index contributed by atoms with van der Waals surface area (Å²) in [5.41, 5.74) is 6.01. The SMILES string of the molecule is CC/C(=N/NC(=O)CN(c1cccc(C)c1C)S(=O)(=O)c1ccccc1)c1ccc(OC)c(OC)c1. The molecule has 0 aliphatic carbocycles. The lowest BCUT2D eigenvalue weighted by molar-refractivity contribution is -0.119. The Morgan fingerprint density at radius 1 is 0.944 bits per heavy atom. The van der Waals surface area contributed by atoms with Crippen LogP contribution in [-0.2, 0) is 14.8 Å². The quantitative estimate of drug-likeness (QED) is 0.322. The van der Waals surface area contributed by atoms with Crippen molar-refractivity contribution in [1.82, 2.24) is 5.43 Å². The molecule has 190 valence electrons. The summed E-state index contributed by atoms with van der Waals surface area (Å²) in [5.74, 6) is 0.551. The third kappa shape index (κ3) is 5.85. The van der Waals surface area contributed by atoms with E-state index in [1.165, 1.54) is 12.1 Å². The Kier molecular flexibility index (Phi) is 8.71. The van der Waals surface area contributed by atoms with Crippen LogP contribution >= 0.6 is 0 Å². The van der Waals surface area contributed by atoms with Gasteiger partial charge >= 0.3 is 0 Å². The second-order valence-electron chi connectivity index (χ2n) is 8.06. The van der Waals surface area contributed by atoms with Gasteiger partial charge in [0.25, 0.3) is 15.9 Å². The van der Waals surface area contributed by atoms with Crippen molar-refractivity contribution in [3.63, 3.8) is 0 Å². The topological polar surface area (TPSA) is 97.3 Å². The number of carbonyl (C=O) groups excluding carboxylic acids is 1. The lowest BCUT2D eigenvalue weighted by Gasteiger charge is -2.26. The summed E-state index contributed by atoms with van der Waals surface area (Å²) in [7, 11) is -0.912. The molecule has 1 amide bonds. The first-order valence-electron chi connectivity index (χ1n) is 11.4. The fourth-order valence-corrected chi connectivity index (χ4v) is 5.18. The van der Waals surface area contributed by atoms with E-state index in [1.54, 1.807) is 56.7 Å². The van der Waals surface area contributed by atoms with Gasteiger partial charge in [0.05, 0.1) is 30.5 Å². The molecule has 0 aromatic heterocycles. The van der Waals surface area contributed by atoms with Gasteiger partial charge in [0.2, 0.25) is 0 Å². The Balaban J connectivity index is 1.92. The van der Waals surface area contributed by atoms with Crippen LogP contribution in [0.5, 0.6) is 11.5 Å². The molecule has 1 N–H and O–H groups in total. The maximum absolute atomic E-state index is 13.6. The number of hydrogen-bond donors (Lipinski definition) is 1. The summed E-state index contributed by atoms with van der Waals surface area (Å²) in [6.07, 6.45) is 0.527. The molecule has 0 fully saturated rings. The number of nitrogens with one attached hydrogen (secondary N) is 1. The van der Waals surface area contributed by atoms with E-state index in [2.05, 4.69) is 10.5 Å². The van der Waals surface area contributed by atoms with E-state index in [1.807, 2.05) is 32.9 Å². The average molecular weight is 510 g/mol. The number of anilines is 1. The molecule has 0 spiro atoms. The molecule has 8 nitrogen and oxygen atoms in total. The Bertz CT molecular complexity index is 1360. The van der Waals surface area contributed by atoms with E-state index < -0.39 is 22.5 Å². The Morgan fingerprint density at radius 2 is 1.64 bits per heavy atom. The lowest BCUT2D eigenvalue weighted by atomic mass is 10.1. The summed E-state index contributed by atoms with van der Waals surface area (Å²) in [4.78, 5) is 13.1. The Morgan fingerprint density at radius 3 is 2.28 bits per heavy atom. The first-order valence-corrected chi connectivity index (χ1v) is 12.9. The number of methoxy groups -OCH3 is 2. The van der Waals surface area contributed by atoms with Crippen molar-refractivity contribution in [1.29, 1.82) is 0 Å². The zero-order chi connectivity index (χ0) is 26.3. The molecule has 0 atom stereocenters. The largest absolute Gasteiger partial charge is 0.493 e. The monoisotopic (exact) mass is 509 g/mol. The van der Waals surface area contributed by atoms with Crippen molar-refractivity contribution in [2.24, 2.45) is 5.10 Å². The van der Waals surface area contributed by atoms with Gasteiger partial charge in [-0.2, -0.15) is 5.10 Å². The maximum atomic E-state index is 13.6. The van der Waals surface area contributed by atoms with Gasteiger partial charge < -0.3 is 9.47 Å². The molecule has 0 heterocycles. The van der Waals surface area contributed by atoms with Crippen molar-refractivity contribution in [3.05, 3.63) is 83.4 Å². The van der Waals surface area contributed by atoms with E-state index in [-0.39, 0.29) is 4.90 Å². The van der Waals surface area contributed by atoms with E-state index in [0.717, 1.165) is 21.0 Å². The lowest BCUT2D eigenvalue weighted by Crippen LogP contribution is -2.40. The molecule has 0 bridgehead atoms. The summed E-state index contributed by atoms with van der Waals surface area (Å²) in [6.45, 7) is 5.20. The van der Waals surface area contributed by atoms with Gasteiger partial charge in [-0.25, -0.2) is 13.8 Å². The highest BCUT2D eigenvalue weighted by molar-refractivity contribution is 7.92. The van der Waals surface area contributed by atoms with Crippen molar-refractivity contribution < 1.29 is 22.7 Å². The standard InChI is InChI=1S/C27H31N3O5S/c1-6-23(21-15-16-25(34-4)26(17-21)35-5)28-29-27(31)18-30(24-14-10-11-19(2)20(24)3)36(32,33)22-12-8-7-9-13-22/h7-17H,6,18H2,1-5H3,(H,29,31)/b28-23-. The van der Waals surface area contributed by atoms with Crippen LogP contribution in [0.3, 0.4) is 0 Å². The fraction of sp³-hybridized carbons (Fsp3) is 0.259. The second-order valence-corrected chi connectivity index (χ2v) is 9.92. The normalized spacial score (nSPS) is 11.6. The van der Waals surface area contributed by atoms with Gasteiger partial charge in [-0.1, -0.05) is 37.3 Å². The van der Waals surface area contributed by atoms with Crippen LogP contribution in [0.1, 0.15) is 30.0 Å². The summed E-state index contributed by atoms with van der Waals surface area (Å²) >= 11 is 0. The Hall–Kier alpha value is -3.85. The van der Waals surface area contributed by atoms with Crippen molar-refractivity contribution >= 4 is 27.3 Å². The predicted octanol–water partition coefficient (Wildman–Crippen LogP) is 4.45. The second kappa shape index (κ2) is 11.7. The van der Waals surface area contributed by atoms with Crippen LogP contribution in [0, 0.1) is 13.8 Å². The van der Waals surface area contributed by atoms with Crippen molar-refractivity contribution in [2.75, 3.05) is 25.1 Å². The molecule has 0 saturated carbocycles. The fourth-order valence-electron chi connectivity index (χ4n) is 3.68. The number of ether oxygens (including phenoxy) is 2. The molecule has 0 radical (unpaired) electrons. The highest BCUT2D eigenvalue weighted by Crippen LogP contribution is 2.29. The first kappa shape index (κ1) is 26.7. The maximum Gasteiger partial charge on any atom is 0.264 e. The van der Waals surface area contributed by atoms with Crippen LogP contribution in [0.2, 0.25) is 0 Å². The number of hydrazone groups is 1. The van der Waals surface area contributed by atoms with Gasteiger partial charge in [-0.3, -0.25) is 9.10 Å². The first-order chi connectivity index (χ1) is 17.2. The molecule has 0 aliphatic rings. The highest BCUT2D eigenvalue weighted by Gasteiger charge is 2.28. The van der Waals surface area contributed by atoms with E-state index >= 15 is 0 Å². The zero-order valence-corrected chi connectivity index (χ0v) is 21.9. The van der Waals surface area contributed by atoms with Crippen LogP contribution in [0.15, 0.2) is 76.7 Å². The molecule has 0 aliphatic heterocycles. The smallest absolute Gasteiger partial charge is 0.264 e. The van der Waals surface area contributed by atoms with Gasteiger partial charge in [0, 0.05) is 5.56 Å². The molecular weight excluding hydrogens is 478 g/mol. The Labute approximate surface area is 212 Å². The third-order valence-corrected chi connectivity index (χ3v) is 7.60. The van der Waals surface area contributed by atoms with E-state index in [4.69, 9.17) is 9.47 Å². The molecular formula is C27H31N3O5S. The molecule has 36 heavy (non-hydrogen) atoms. The molecule has 0 unspecified atom stereocenters. The third-order valence-electron chi connectivity index (χ3n) is 5.83. The highest BCUT2D eigenvalue weighted by atomic mass is 32.2. The van der Waals surface area contributed by atoms with Crippen LogP contribution in [-0.4, -0.2) is 40.8 Å². The predicted molar refractivity (Wildman–Crippen MR) is 141 cm³/mol. The number of rotatable bonds is 10. The number of hydrogen-bond acceptors (Lipinski definition) is 6. The number of benzene rings is 3. The van der Waals surface area contributed by atoms with Crippen LogP contribution < -0.4 is 19.2 Å². The van der Waals surface area contributed by atoms with Crippen molar-refractivity contribution in [2.45, 2.75) is 32.1 Å². The van der Waals surface area contributed by atoms with Gasteiger partial charge in [-0.15, -0.1) is 0 Å². The minimum Gasteiger partial charge on any atom is -0.493 e. The summed E-state index contributed by atoms with van der Waals surface area (Å²) < 4.78 is 38.9. The molecule has 0 saturated heterocycles. The molecule has 3 rings (SSSR count). The van der Waals surface area contributed by atoms with E-state index in [9.17, 15) is 13.2 Å². The minimum absolute atomic E-state index is 0.0989. The number of amides is 1. The molecule has 9 heteroatoms. The van der Waals surface area contributed by atoms with Gasteiger partial charge in [0.15, 0.2) is 11.5 Å². The van der Waals surface area contributed by atoms with Gasteiger partial charge in [0.1, 0.15) is 6.54 Å². The minimum atomic E-state index is -4.01. The van der Waals surface area contributed by atoms with Crippen LogP contribution in [0.4, 0.5) is 5.69 Å². The van der Waals surface area contributed by atoms with E-state index in [0.29, 0.717) is 29.3 Å². The number of sulfonamides is 1. The average Bonchev–Trinajstić information content (AvgIpc) is 2.89. The van der Waals surface area contributed by atoms with Crippen molar-refractivity contribution in [3.8, 4) is 11.5 Å². The number of nitrogens with zero attached hydrogens (tertiary/aromatic N) is 2.